The lowest BCUT2D eigenvalue weighted by molar-refractivity contribution is 0.618. The molecule has 0 spiro atoms. The number of imidazole rings is 1. The largest absolute Gasteiger partial charge is 0.348 e. The van der Waals surface area contributed by atoms with Gasteiger partial charge in [-0.05, 0) is 48.4 Å². The highest BCUT2D eigenvalue weighted by atomic mass is 35.5. The molecule has 1 atom stereocenters. The third-order valence-electron chi connectivity index (χ3n) is 3.33. The highest BCUT2D eigenvalue weighted by Gasteiger charge is 2.23. The fourth-order valence-electron chi connectivity index (χ4n) is 2.53. The second-order valence-corrected chi connectivity index (χ2v) is 4.36. The van der Waals surface area contributed by atoms with Crippen LogP contribution in [-0.4, -0.2) is 9.97 Å². The minimum absolute atomic E-state index is 0. The smallest absolute Gasteiger partial charge is 0.123 e. The van der Waals surface area contributed by atoms with Gasteiger partial charge in [0.1, 0.15) is 5.82 Å². The van der Waals surface area contributed by atoms with Crippen molar-refractivity contribution in [1.82, 2.24) is 9.97 Å². The van der Waals surface area contributed by atoms with Crippen LogP contribution in [0.5, 0.6) is 0 Å². The number of H-pyrrole nitrogens is 1. The van der Waals surface area contributed by atoms with Crippen molar-refractivity contribution in [3.63, 3.8) is 0 Å². The van der Waals surface area contributed by atoms with Crippen LogP contribution in [0.25, 0.3) is 0 Å². The summed E-state index contributed by atoms with van der Waals surface area (Å²) in [5, 5.41) is 0. The van der Waals surface area contributed by atoms with Gasteiger partial charge < -0.3 is 4.98 Å². The van der Waals surface area contributed by atoms with Crippen LogP contribution in [0, 0.1) is 5.82 Å². The second kappa shape index (κ2) is 4.88. The average Bonchev–Trinajstić information content (AvgIpc) is 2.90. The average molecular weight is 253 g/mol. The van der Waals surface area contributed by atoms with Crippen LogP contribution < -0.4 is 0 Å². The zero-order valence-corrected chi connectivity index (χ0v) is 10.1. The first kappa shape index (κ1) is 12.1. The fourth-order valence-corrected chi connectivity index (χ4v) is 2.53. The molecule has 0 amide bonds. The number of rotatable bonds is 2. The van der Waals surface area contributed by atoms with Gasteiger partial charge in [-0.3, -0.25) is 0 Å². The van der Waals surface area contributed by atoms with E-state index < -0.39 is 0 Å². The van der Waals surface area contributed by atoms with Gasteiger partial charge in [0.2, 0.25) is 0 Å². The van der Waals surface area contributed by atoms with Crippen LogP contribution in [0.3, 0.4) is 0 Å². The molecule has 1 N–H and O–H groups in total. The molecule has 2 aromatic rings. The van der Waals surface area contributed by atoms with Crippen molar-refractivity contribution in [3.05, 3.63) is 53.4 Å². The first-order valence-electron chi connectivity index (χ1n) is 5.58. The van der Waals surface area contributed by atoms with Crippen molar-refractivity contribution in [1.29, 1.82) is 0 Å². The van der Waals surface area contributed by atoms with Gasteiger partial charge in [0.15, 0.2) is 0 Å². The van der Waals surface area contributed by atoms with E-state index in [1.165, 1.54) is 11.1 Å². The number of nitrogens with one attached hydrogen (secondary N) is 1. The van der Waals surface area contributed by atoms with Crippen molar-refractivity contribution < 1.29 is 4.39 Å². The van der Waals surface area contributed by atoms with E-state index in [0.717, 1.165) is 25.0 Å². The van der Waals surface area contributed by atoms with Crippen molar-refractivity contribution in [2.75, 3.05) is 0 Å². The maximum atomic E-state index is 13.2. The molecule has 1 aliphatic carbocycles. The molecule has 17 heavy (non-hydrogen) atoms. The Kier molecular flexibility index (Phi) is 3.48. The van der Waals surface area contributed by atoms with Gasteiger partial charge in [-0.1, -0.05) is 6.07 Å². The summed E-state index contributed by atoms with van der Waals surface area (Å²) in [7, 11) is 0. The Morgan fingerprint density at radius 1 is 1.41 bits per heavy atom. The number of aromatic nitrogens is 2. The van der Waals surface area contributed by atoms with Crippen molar-refractivity contribution in [2.24, 2.45) is 0 Å². The lowest BCUT2D eigenvalue weighted by atomic mass is 9.96. The Balaban J connectivity index is 0.00000108. The number of nitrogens with zero attached hydrogens (tertiary/aromatic N) is 1. The Morgan fingerprint density at radius 2 is 2.29 bits per heavy atom. The van der Waals surface area contributed by atoms with Crippen LogP contribution in [0.4, 0.5) is 4.39 Å². The van der Waals surface area contributed by atoms with Gasteiger partial charge in [0.25, 0.3) is 0 Å². The number of fused-ring (bicyclic) bond motifs is 1. The Bertz CT molecular complexity index is 496. The van der Waals surface area contributed by atoms with Crippen LogP contribution >= 0.6 is 12.4 Å². The van der Waals surface area contributed by atoms with E-state index in [1.54, 1.807) is 18.5 Å². The number of hydrogen-bond acceptors (Lipinski definition) is 1. The maximum Gasteiger partial charge on any atom is 0.123 e. The highest BCUT2D eigenvalue weighted by Crippen LogP contribution is 2.35. The zero-order valence-electron chi connectivity index (χ0n) is 9.32. The van der Waals surface area contributed by atoms with E-state index in [0.29, 0.717) is 5.92 Å². The molecule has 0 saturated carbocycles. The molecule has 90 valence electrons. The summed E-state index contributed by atoms with van der Waals surface area (Å²) in [6, 6.07) is 5.15. The predicted molar refractivity (Wildman–Crippen MR) is 67.0 cm³/mol. The van der Waals surface area contributed by atoms with E-state index in [9.17, 15) is 4.39 Å². The molecule has 0 bridgehead atoms. The zero-order chi connectivity index (χ0) is 11.0. The molecule has 0 radical (unpaired) electrons. The fraction of sp³-hybridized carbons (Fsp3) is 0.308. The summed E-state index contributed by atoms with van der Waals surface area (Å²) < 4.78 is 13.2. The van der Waals surface area contributed by atoms with Crippen molar-refractivity contribution in [2.45, 2.75) is 25.2 Å². The van der Waals surface area contributed by atoms with E-state index in [-0.39, 0.29) is 18.2 Å². The number of hydrogen-bond donors (Lipinski definition) is 1. The minimum Gasteiger partial charge on any atom is -0.348 e. The second-order valence-electron chi connectivity index (χ2n) is 4.36. The number of benzene rings is 1. The first-order chi connectivity index (χ1) is 7.83. The van der Waals surface area contributed by atoms with E-state index in [2.05, 4.69) is 9.97 Å². The molecule has 1 aromatic heterocycles. The number of aryl methyl sites for hydroxylation is 1. The lowest BCUT2D eigenvalue weighted by Gasteiger charge is -2.09. The lowest BCUT2D eigenvalue weighted by Crippen LogP contribution is -1.99. The summed E-state index contributed by atoms with van der Waals surface area (Å²) in [4.78, 5) is 7.11. The van der Waals surface area contributed by atoms with Crippen LogP contribution in [0.2, 0.25) is 0 Å². The molecule has 0 saturated heterocycles. The van der Waals surface area contributed by atoms with Crippen LogP contribution in [0.15, 0.2) is 30.7 Å². The SMILES string of the molecule is Cl.Fc1ccc2c(c1)C(Cc1cnc[nH]1)CC2. The van der Waals surface area contributed by atoms with Crippen molar-refractivity contribution in [3.8, 4) is 0 Å². The Labute approximate surface area is 106 Å². The monoisotopic (exact) mass is 252 g/mol. The molecular formula is C13H14ClFN2. The topological polar surface area (TPSA) is 28.7 Å². The predicted octanol–water partition coefficient (Wildman–Crippen LogP) is 3.24. The third-order valence-corrected chi connectivity index (χ3v) is 3.33. The molecule has 3 rings (SSSR count). The maximum absolute atomic E-state index is 13.2. The van der Waals surface area contributed by atoms with Crippen LogP contribution in [0.1, 0.15) is 29.2 Å². The number of halogens is 2. The summed E-state index contributed by atoms with van der Waals surface area (Å²) in [6.07, 6.45) is 6.64. The molecule has 1 aromatic carbocycles. The summed E-state index contributed by atoms with van der Waals surface area (Å²) in [5.74, 6) is 0.307. The molecule has 2 nitrogen and oxygen atoms in total. The molecule has 0 aliphatic heterocycles. The van der Waals surface area contributed by atoms with Gasteiger partial charge in [-0.15, -0.1) is 12.4 Å². The molecular weight excluding hydrogens is 239 g/mol. The van der Waals surface area contributed by atoms with Gasteiger partial charge in [0, 0.05) is 11.9 Å². The Morgan fingerprint density at radius 3 is 3.06 bits per heavy atom. The molecule has 1 heterocycles. The summed E-state index contributed by atoms with van der Waals surface area (Å²) in [6.45, 7) is 0. The van der Waals surface area contributed by atoms with Gasteiger partial charge in [-0.25, -0.2) is 9.37 Å². The Hall–Kier alpha value is -1.35. The van der Waals surface area contributed by atoms with Gasteiger partial charge in [0.05, 0.1) is 6.33 Å². The van der Waals surface area contributed by atoms with Gasteiger partial charge in [-0.2, -0.15) is 0 Å². The van der Waals surface area contributed by atoms with Gasteiger partial charge >= 0.3 is 0 Å². The molecule has 1 unspecified atom stereocenters. The summed E-state index contributed by atoms with van der Waals surface area (Å²) in [5.41, 5.74) is 3.60. The van der Waals surface area contributed by atoms with E-state index in [4.69, 9.17) is 0 Å². The highest BCUT2D eigenvalue weighted by molar-refractivity contribution is 5.85. The number of aromatic amines is 1. The third kappa shape index (κ3) is 2.34. The molecule has 4 heteroatoms. The first-order valence-corrected chi connectivity index (χ1v) is 5.58. The van der Waals surface area contributed by atoms with E-state index in [1.807, 2.05) is 12.3 Å². The minimum atomic E-state index is -0.129. The van der Waals surface area contributed by atoms with Crippen molar-refractivity contribution >= 4 is 12.4 Å². The summed E-state index contributed by atoms with van der Waals surface area (Å²) >= 11 is 0. The van der Waals surface area contributed by atoms with E-state index >= 15 is 0 Å². The van der Waals surface area contributed by atoms with Crippen LogP contribution in [-0.2, 0) is 12.8 Å². The molecule has 1 aliphatic rings. The molecule has 0 fully saturated rings. The quantitative estimate of drug-likeness (QED) is 0.873. The normalized spacial score (nSPS) is 17.6. The standard InChI is InChI=1S/C13H13FN2.ClH/c14-11-4-3-9-1-2-10(13(9)6-11)5-12-7-15-8-16-12;/h3-4,6-8,10H,1-2,5H2,(H,15,16);1H.